The first kappa shape index (κ1) is 12.8. The first-order valence-electron chi connectivity index (χ1n) is 6.31. The molecule has 0 saturated carbocycles. The number of thioether (sulfide) groups is 1. The Morgan fingerprint density at radius 1 is 1.00 bits per heavy atom. The highest BCUT2D eigenvalue weighted by Gasteiger charge is 2.04. The molecule has 3 aromatic rings. The van der Waals surface area contributed by atoms with Crippen molar-refractivity contribution in [1.29, 1.82) is 0 Å². The van der Waals surface area contributed by atoms with Gasteiger partial charge in [-0.2, -0.15) is 0 Å². The summed E-state index contributed by atoms with van der Waals surface area (Å²) in [7, 11) is 0. The van der Waals surface area contributed by atoms with Gasteiger partial charge in [0.25, 0.3) is 0 Å². The predicted octanol–water partition coefficient (Wildman–Crippen LogP) is 4.28. The molecule has 0 aliphatic rings. The van der Waals surface area contributed by atoms with Gasteiger partial charge in [-0.25, -0.2) is 0 Å². The number of fused-ring (bicyclic) bond motifs is 1. The molecular formula is C16H15N3S. The maximum atomic E-state index is 5.99. The minimum Gasteiger partial charge on any atom is -0.398 e. The van der Waals surface area contributed by atoms with E-state index in [-0.39, 0.29) is 0 Å². The third-order valence-electron chi connectivity index (χ3n) is 3.22. The number of nitrogens with zero attached hydrogens (tertiary/aromatic N) is 1. The summed E-state index contributed by atoms with van der Waals surface area (Å²) < 4.78 is 0. The Morgan fingerprint density at radius 2 is 1.80 bits per heavy atom. The van der Waals surface area contributed by atoms with Crippen LogP contribution in [0.25, 0.3) is 10.8 Å². The van der Waals surface area contributed by atoms with Gasteiger partial charge in [0, 0.05) is 45.1 Å². The van der Waals surface area contributed by atoms with Crippen molar-refractivity contribution in [2.24, 2.45) is 0 Å². The SMILES string of the molecule is CSc1ccc(Nc2ccc(N)c3cnccc23)cc1. The molecule has 0 amide bonds. The molecule has 0 saturated heterocycles. The Bertz CT molecular complexity index is 738. The van der Waals surface area contributed by atoms with Crippen LogP contribution in [0.5, 0.6) is 0 Å². The summed E-state index contributed by atoms with van der Waals surface area (Å²) in [6, 6.07) is 14.2. The number of nitrogen functional groups attached to an aromatic ring is 1. The maximum absolute atomic E-state index is 5.99. The summed E-state index contributed by atoms with van der Waals surface area (Å²) in [5, 5.41) is 5.48. The fraction of sp³-hybridized carbons (Fsp3) is 0.0625. The van der Waals surface area contributed by atoms with Crippen molar-refractivity contribution in [3.63, 3.8) is 0 Å². The smallest absolute Gasteiger partial charge is 0.0466 e. The van der Waals surface area contributed by atoms with Gasteiger partial charge in [0.05, 0.1) is 0 Å². The van der Waals surface area contributed by atoms with Gasteiger partial charge in [-0.05, 0) is 48.7 Å². The van der Waals surface area contributed by atoms with E-state index < -0.39 is 0 Å². The van der Waals surface area contributed by atoms with Gasteiger partial charge in [0.2, 0.25) is 0 Å². The molecule has 3 N–H and O–H groups in total. The summed E-state index contributed by atoms with van der Waals surface area (Å²) >= 11 is 1.74. The van der Waals surface area contributed by atoms with E-state index in [0.717, 1.165) is 27.8 Å². The molecule has 0 unspecified atom stereocenters. The molecular weight excluding hydrogens is 266 g/mol. The topological polar surface area (TPSA) is 50.9 Å². The molecule has 0 fully saturated rings. The van der Waals surface area contributed by atoms with Gasteiger partial charge in [-0.15, -0.1) is 11.8 Å². The van der Waals surface area contributed by atoms with Crippen LogP contribution >= 0.6 is 11.8 Å². The monoisotopic (exact) mass is 281 g/mol. The van der Waals surface area contributed by atoms with Gasteiger partial charge >= 0.3 is 0 Å². The number of aromatic nitrogens is 1. The fourth-order valence-electron chi connectivity index (χ4n) is 2.15. The third kappa shape index (κ3) is 2.42. The van der Waals surface area contributed by atoms with Gasteiger partial charge in [0.15, 0.2) is 0 Å². The molecule has 0 radical (unpaired) electrons. The second-order valence-electron chi connectivity index (χ2n) is 4.48. The number of nitrogens with one attached hydrogen (secondary N) is 1. The van der Waals surface area contributed by atoms with E-state index in [0.29, 0.717) is 0 Å². The Kier molecular flexibility index (Phi) is 3.48. The van der Waals surface area contributed by atoms with Crippen LogP contribution in [0.4, 0.5) is 17.1 Å². The molecule has 0 aliphatic heterocycles. The summed E-state index contributed by atoms with van der Waals surface area (Å²) in [4.78, 5) is 5.39. The second kappa shape index (κ2) is 5.43. The van der Waals surface area contributed by atoms with Crippen molar-refractivity contribution in [1.82, 2.24) is 4.98 Å². The number of hydrogen-bond donors (Lipinski definition) is 2. The zero-order valence-electron chi connectivity index (χ0n) is 11.1. The lowest BCUT2D eigenvalue weighted by Gasteiger charge is -2.11. The fourth-order valence-corrected chi connectivity index (χ4v) is 2.56. The van der Waals surface area contributed by atoms with E-state index in [2.05, 4.69) is 40.8 Å². The first-order valence-corrected chi connectivity index (χ1v) is 7.53. The highest BCUT2D eigenvalue weighted by molar-refractivity contribution is 7.98. The molecule has 1 heterocycles. The Hall–Kier alpha value is -2.20. The van der Waals surface area contributed by atoms with Gasteiger partial charge in [-0.3, -0.25) is 4.98 Å². The zero-order valence-corrected chi connectivity index (χ0v) is 11.9. The minimum atomic E-state index is 0.747. The van der Waals surface area contributed by atoms with Crippen LogP contribution in [0.1, 0.15) is 0 Å². The van der Waals surface area contributed by atoms with Crippen LogP contribution in [0.2, 0.25) is 0 Å². The molecule has 3 nitrogen and oxygen atoms in total. The minimum absolute atomic E-state index is 0.747. The molecule has 4 heteroatoms. The quantitative estimate of drug-likeness (QED) is 0.555. The maximum Gasteiger partial charge on any atom is 0.0466 e. The standard InChI is InChI=1S/C16H15N3S/c1-20-12-4-2-11(3-5-12)19-16-7-6-15(17)14-10-18-9-8-13(14)16/h2-10,19H,17H2,1H3. The van der Waals surface area contributed by atoms with Crippen LogP contribution in [0.15, 0.2) is 59.8 Å². The summed E-state index contributed by atoms with van der Waals surface area (Å²) in [5.41, 5.74) is 8.83. The molecule has 0 atom stereocenters. The third-order valence-corrected chi connectivity index (χ3v) is 3.96. The van der Waals surface area contributed by atoms with E-state index in [1.165, 1.54) is 4.90 Å². The Labute approximate surface area is 122 Å². The van der Waals surface area contributed by atoms with Gasteiger partial charge in [0.1, 0.15) is 0 Å². The molecule has 3 rings (SSSR count). The number of hydrogen-bond acceptors (Lipinski definition) is 4. The van der Waals surface area contributed by atoms with E-state index in [9.17, 15) is 0 Å². The van der Waals surface area contributed by atoms with Crippen LogP contribution < -0.4 is 11.1 Å². The van der Waals surface area contributed by atoms with Crippen LogP contribution in [0.3, 0.4) is 0 Å². The number of pyridine rings is 1. The van der Waals surface area contributed by atoms with Crippen molar-refractivity contribution in [3.8, 4) is 0 Å². The summed E-state index contributed by atoms with van der Waals surface area (Å²) in [6.07, 6.45) is 5.65. The summed E-state index contributed by atoms with van der Waals surface area (Å²) in [6.45, 7) is 0. The molecule has 1 aromatic heterocycles. The Morgan fingerprint density at radius 3 is 2.55 bits per heavy atom. The number of nitrogens with two attached hydrogens (primary N) is 1. The normalized spacial score (nSPS) is 10.7. The zero-order chi connectivity index (χ0) is 13.9. The largest absolute Gasteiger partial charge is 0.398 e. The molecule has 100 valence electrons. The lowest BCUT2D eigenvalue weighted by atomic mass is 10.1. The molecule has 0 aliphatic carbocycles. The van der Waals surface area contributed by atoms with Gasteiger partial charge < -0.3 is 11.1 Å². The average molecular weight is 281 g/mol. The van der Waals surface area contributed by atoms with E-state index in [1.54, 1.807) is 24.2 Å². The highest BCUT2D eigenvalue weighted by Crippen LogP contribution is 2.30. The summed E-state index contributed by atoms with van der Waals surface area (Å²) in [5.74, 6) is 0. The molecule has 0 spiro atoms. The first-order chi connectivity index (χ1) is 9.78. The number of benzene rings is 2. The van der Waals surface area contributed by atoms with Crippen molar-refractivity contribution in [3.05, 3.63) is 54.9 Å². The number of anilines is 3. The van der Waals surface area contributed by atoms with E-state index >= 15 is 0 Å². The van der Waals surface area contributed by atoms with Crippen molar-refractivity contribution >= 4 is 39.6 Å². The number of rotatable bonds is 3. The Balaban J connectivity index is 2.00. The molecule has 20 heavy (non-hydrogen) atoms. The van der Waals surface area contributed by atoms with Crippen LogP contribution in [-0.2, 0) is 0 Å². The van der Waals surface area contributed by atoms with Crippen molar-refractivity contribution in [2.75, 3.05) is 17.3 Å². The van der Waals surface area contributed by atoms with E-state index in [1.807, 2.05) is 18.2 Å². The lowest BCUT2D eigenvalue weighted by molar-refractivity contribution is 1.36. The molecule has 2 aromatic carbocycles. The molecule has 0 bridgehead atoms. The van der Waals surface area contributed by atoms with Crippen molar-refractivity contribution in [2.45, 2.75) is 4.90 Å². The van der Waals surface area contributed by atoms with Crippen LogP contribution in [-0.4, -0.2) is 11.2 Å². The lowest BCUT2D eigenvalue weighted by Crippen LogP contribution is -1.94. The average Bonchev–Trinajstić information content (AvgIpc) is 2.51. The van der Waals surface area contributed by atoms with Crippen molar-refractivity contribution < 1.29 is 0 Å². The highest BCUT2D eigenvalue weighted by atomic mass is 32.2. The van der Waals surface area contributed by atoms with Crippen LogP contribution in [0, 0.1) is 0 Å². The predicted molar refractivity (Wildman–Crippen MR) is 87.7 cm³/mol. The second-order valence-corrected chi connectivity index (χ2v) is 5.36. The van der Waals surface area contributed by atoms with Gasteiger partial charge in [-0.1, -0.05) is 0 Å². The van der Waals surface area contributed by atoms with E-state index in [4.69, 9.17) is 5.73 Å².